The summed E-state index contributed by atoms with van der Waals surface area (Å²) in [6.07, 6.45) is 3.97. The summed E-state index contributed by atoms with van der Waals surface area (Å²) in [7, 11) is -3.33. The lowest BCUT2D eigenvalue weighted by Crippen LogP contribution is -2.32. The smallest absolute Gasteiger partial charge is 0.235 e. The van der Waals surface area contributed by atoms with Gasteiger partial charge in [0.2, 0.25) is 10.0 Å². The van der Waals surface area contributed by atoms with Crippen LogP contribution in [0.5, 0.6) is 0 Å². The van der Waals surface area contributed by atoms with Crippen molar-refractivity contribution in [2.45, 2.75) is 26.8 Å². The van der Waals surface area contributed by atoms with Crippen molar-refractivity contribution in [2.75, 3.05) is 10.1 Å². The second kappa shape index (κ2) is 6.72. The Labute approximate surface area is 126 Å². The zero-order valence-corrected chi connectivity index (χ0v) is 13.2. The molecule has 0 unspecified atom stereocenters. The predicted octanol–water partition coefficient (Wildman–Crippen LogP) is 3.14. The molecule has 2 rings (SSSR count). The zero-order chi connectivity index (χ0) is 15.3. The highest BCUT2D eigenvalue weighted by atomic mass is 32.2. The Morgan fingerprint density at radius 3 is 2.43 bits per heavy atom. The fourth-order valence-electron chi connectivity index (χ4n) is 2.09. The summed E-state index contributed by atoms with van der Waals surface area (Å²) in [6.45, 7) is 4.16. The van der Waals surface area contributed by atoms with E-state index in [0.29, 0.717) is 18.7 Å². The molecule has 0 radical (unpaired) electrons. The van der Waals surface area contributed by atoms with Crippen molar-refractivity contribution in [3.05, 3.63) is 59.9 Å². The van der Waals surface area contributed by atoms with E-state index in [1.54, 1.807) is 12.4 Å². The van der Waals surface area contributed by atoms with Gasteiger partial charge in [0.25, 0.3) is 0 Å². The number of aromatic nitrogens is 1. The first-order valence-electron chi connectivity index (χ1n) is 6.99. The Kier molecular flexibility index (Phi) is 4.96. The molecule has 0 aliphatic carbocycles. The summed E-state index contributed by atoms with van der Waals surface area (Å²) in [6, 6.07) is 11.2. The molecular formula is C16H20N2O2S. The Morgan fingerprint density at radius 1 is 1.14 bits per heavy atom. The van der Waals surface area contributed by atoms with E-state index in [-0.39, 0.29) is 5.75 Å². The highest BCUT2D eigenvalue weighted by molar-refractivity contribution is 7.92. The fraction of sp³-hybridized carbons (Fsp3) is 0.312. The minimum Gasteiger partial charge on any atom is -0.266 e. The van der Waals surface area contributed by atoms with Crippen LogP contribution >= 0.6 is 0 Å². The molecule has 0 saturated heterocycles. The van der Waals surface area contributed by atoms with Crippen LogP contribution < -0.4 is 4.31 Å². The normalized spacial score (nSPS) is 11.3. The van der Waals surface area contributed by atoms with Crippen LogP contribution in [-0.2, 0) is 16.6 Å². The molecule has 0 N–H and O–H groups in total. The Bertz CT molecular complexity index is 667. The van der Waals surface area contributed by atoms with Crippen LogP contribution in [0.3, 0.4) is 0 Å². The first-order valence-corrected chi connectivity index (χ1v) is 8.60. The van der Waals surface area contributed by atoms with Crippen LogP contribution in [0.1, 0.15) is 24.5 Å². The van der Waals surface area contributed by atoms with Gasteiger partial charge in [-0.05, 0) is 37.1 Å². The van der Waals surface area contributed by atoms with Gasteiger partial charge in [0.15, 0.2) is 0 Å². The SMILES string of the molecule is CCCS(=O)(=O)N(Cc1cccnc1)c1ccc(C)cc1. The zero-order valence-electron chi connectivity index (χ0n) is 12.4. The van der Waals surface area contributed by atoms with Gasteiger partial charge in [0, 0.05) is 12.4 Å². The third kappa shape index (κ3) is 4.04. The third-order valence-electron chi connectivity index (χ3n) is 3.17. The number of rotatable bonds is 6. The van der Waals surface area contributed by atoms with Gasteiger partial charge in [-0.15, -0.1) is 0 Å². The fourth-order valence-corrected chi connectivity index (χ4v) is 3.61. The van der Waals surface area contributed by atoms with Crippen molar-refractivity contribution in [3.63, 3.8) is 0 Å². The molecule has 0 amide bonds. The largest absolute Gasteiger partial charge is 0.266 e. The lowest BCUT2D eigenvalue weighted by atomic mass is 10.2. The predicted molar refractivity (Wildman–Crippen MR) is 85.7 cm³/mol. The summed E-state index contributed by atoms with van der Waals surface area (Å²) in [5, 5.41) is 0. The van der Waals surface area contributed by atoms with Gasteiger partial charge < -0.3 is 0 Å². The van der Waals surface area contributed by atoms with Crippen LogP contribution in [0, 0.1) is 6.92 Å². The standard InChI is InChI=1S/C16H20N2O2S/c1-3-11-21(19,20)18(13-15-5-4-10-17-12-15)16-8-6-14(2)7-9-16/h4-10,12H,3,11,13H2,1-2H3. The lowest BCUT2D eigenvalue weighted by Gasteiger charge is -2.24. The van der Waals surface area contributed by atoms with E-state index in [2.05, 4.69) is 4.98 Å². The lowest BCUT2D eigenvalue weighted by molar-refractivity contribution is 0.589. The maximum absolute atomic E-state index is 12.5. The van der Waals surface area contributed by atoms with Crippen LogP contribution in [0.25, 0.3) is 0 Å². The van der Waals surface area contributed by atoms with E-state index in [9.17, 15) is 8.42 Å². The van der Waals surface area contributed by atoms with Crippen molar-refractivity contribution in [2.24, 2.45) is 0 Å². The van der Waals surface area contributed by atoms with E-state index in [1.807, 2.05) is 50.2 Å². The molecule has 1 aromatic carbocycles. The number of pyridine rings is 1. The van der Waals surface area contributed by atoms with Crippen molar-refractivity contribution >= 4 is 15.7 Å². The van der Waals surface area contributed by atoms with E-state index in [1.165, 1.54) is 4.31 Å². The van der Waals surface area contributed by atoms with E-state index >= 15 is 0 Å². The molecule has 1 aromatic heterocycles. The summed E-state index contributed by atoms with van der Waals surface area (Å²) in [4.78, 5) is 4.05. The highest BCUT2D eigenvalue weighted by Crippen LogP contribution is 2.22. The molecule has 0 aliphatic rings. The number of anilines is 1. The molecule has 0 aliphatic heterocycles. The second-order valence-corrected chi connectivity index (χ2v) is 7.03. The quantitative estimate of drug-likeness (QED) is 0.824. The maximum Gasteiger partial charge on any atom is 0.235 e. The number of nitrogens with zero attached hydrogens (tertiary/aromatic N) is 2. The molecule has 0 fully saturated rings. The summed E-state index contributed by atoms with van der Waals surface area (Å²) in [5.74, 6) is 0.140. The molecule has 5 heteroatoms. The van der Waals surface area contributed by atoms with Crippen molar-refractivity contribution in [1.29, 1.82) is 0 Å². The first kappa shape index (κ1) is 15.5. The molecule has 112 valence electrons. The van der Waals surface area contributed by atoms with E-state index in [0.717, 1.165) is 11.1 Å². The van der Waals surface area contributed by atoms with Crippen LogP contribution in [0.15, 0.2) is 48.8 Å². The minimum atomic E-state index is -3.33. The van der Waals surface area contributed by atoms with Gasteiger partial charge >= 0.3 is 0 Å². The Hall–Kier alpha value is -1.88. The first-order chi connectivity index (χ1) is 10.0. The summed E-state index contributed by atoms with van der Waals surface area (Å²) < 4.78 is 26.5. The molecule has 0 saturated carbocycles. The average molecular weight is 304 g/mol. The van der Waals surface area contributed by atoms with Gasteiger partial charge in [-0.2, -0.15) is 0 Å². The molecule has 0 bridgehead atoms. The van der Waals surface area contributed by atoms with Gasteiger partial charge in [-0.3, -0.25) is 9.29 Å². The highest BCUT2D eigenvalue weighted by Gasteiger charge is 2.21. The third-order valence-corrected chi connectivity index (χ3v) is 5.10. The topological polar surface area (TPSA) is 50.3 Å². The van der Waals surface area contributed by atoms with E-state index < -0.39 is 10.0 Å². The van der Waals surface area contributed by atoms with Crippen molar-refractivity contribution < 1.29 is 8.42 Å². The number of sulfonamides is 1. The number of aryl methyl sites for hydroxylation is 1. The second-order valence-electron chi connectivity index (χ2n) is 5.02. The molecule has 1 heterocycles. The van der Waals surface area contributed by atoms with Crippen LogP contribution in [-0.4, -0.2) is 19.2 Å². The summed E-state index contributed by atoms with van der Waals surface area (Å²) >= 11 is 0. The number of hydrogen-bond donors (Lipinski definition) is 0. The minimum absolute atomic E-state index is 0.140. The van der Waals surface area contributed by atoms with Gasteiger partial charge in [-0.25, -0.2) is 8.42 Å². The van der Waals surface area contributed by atoms with Gasteiger partial charge in [-0.1, -0.05) is 30.7 Å². The molecular weight excluding hydrogens is 284 g/mol. The van der Waals surface area contributed by atoms with Gasteiger partial charge in [0.05, 0.1) is 18.0 Å². The van der Waals surface area contributed by atoms with Gasteiger partial charge in [0.1, 0.15) is 0 Å². The average Bonchev–Trinajstić information content (AvgIpc) is 2.47. The Balaban J connectivity index is 2.37. The maximum atomic E-state index is 12.5. The van der Waals surface area contributed by atoms with E-state index in [4.69, 9.17) is 0 Å². The van der Waals surface area contributed by atoms with Crippen LogP contribution in [0.2, 0.25) is 0 Å². The number of hydrogen-bond acceptors (Lipinski definition) is 3. The van der Waals surface area contributed by atoms with Crippen molar-refractivity contribution in [1.82, 2.24) is 4.98 Å². The van der Waals surface area contributed by atoms with Crippen molar-refractivity contribution in [3.8, 4) is 0 Å². The Morgan fingerprint density at radius 2 is 1.86 bits per heavy atom. The summed E-state index contributed by atoms with van der Waals surface area (Å²) in [5.41, 5.74) is 2.67. The molecule has 21 heavy (non-hydrogen) atoms. The monoisotopic (exact) mass is 304 g/mol. The molecule has 0 atom stereocenters. The molecule has 4 nitrogen and oxygen atoms in total. The molecule has 0 spiro atoms. The van der Waals surface area contributed by atoms with Crippen LogP contribution in [0.4, 0.5) is 5.69 Å². The molecule has 2 aromatic rings. The number of benzene rings is 1.